The van der Waals surface area contributed by atoms with Crippen molar-refractivity contribution < 1.29 is 9.53 Å². The second-order valence-electron chi connectivity index (χ2n) is 7.57. The SMILES string of the molecule is COc1ccc(NC(=O)CSc2nc3nc(N4CCCC4)sc3c(=O)n2C(C)C)cc1. The van der Waals surface area contributed by atoms with Crippen LogP contribution in [-0.4, -0.2) is 46.4 Å². The van der Waals surface area contributed by atoms with Crippen molar-refractivity contribution in [2.24, 2.45) is 0 Å². The Balaban J connectivity index is 1.54. The van der Waals surface area contributed by atoms with Crippen LogP contribution in [0.25, 0.3) is 10.3 Å². The average molecular weight is 460 g/mol. The largest absolute Gasteiger partial charge is 0.497 e. The number of carbonyl (C=O) groups is 1. The number of ether oxygens (including phenoxy) is 1. The van der Waals surface area contributed by atoms with Gasteiger partial charge in [0, 0.05) is 24.8 Å². The van der Waals surface area contributed by atoms with E-state index >= 15 is 0 Å². The molecule has 2 aromatic heterocycles. The van der Waals surface area contributed by atoms with Crippen molar-refractivity contribution in [3.05, 3.63) is 34.6 Å². The number of nitrogens with one attached hydrogen (secondary N) is 1. The van der Waals surface area contributed by atoms with Gasteiger partial charge in [-0.3, -0.25) is 14.2 Å². The van der Waals surface area contributed by atoms with E-state index in [1.807, 2.05) is 13.8 Å². The molecule has 164 valence electrons. The smallest absolute Gasteiger partial charge is 0.274 e. The quantitative estimate of drug-likeness (QED) is 0.425. The van der Waals surface area contributed by atoms with Gasteiger partial charge in [0.25, 0.3) is 5.56 Å². The highest BCUT2D eigenvalue weighted by Crippen LogP contribution is 2.30. The zero-order valence-electron chi connectivity index (χ0n) is 17.8. The van der Waals surface area contributed by atoms with E-state index in [-0.39, 0.29) is 23.3 Å². The maximum Gasteiger partial charge on any atom is 0.274 e. The summed E-state index contributed by atoms with van der Waals surface area (Å²) in [5, 5.41) is 4.22. The molecule has 0 saturated carbocycles. The molecule has 3 heterocycles. The molecule has 3 aromatic rings. The summed E-state index contributed by atoms with van der Waals surface area (Å²) in [7, 11) is 1.60. The minimum Gasteiger partial charge on any atom is -0.497 e. The number of amides is 1. The number of aromatic nitrogens is 3. The van der Waals surface area contributed by atoms with Crippen LogP contribution in [0.5, 0.6) is 5.75 Å². The average Bonchev–Trinajstić information content (AvgIpc) is 3.42. The number of hydrogen-bond donors (Lipinski definition) is 1. The van der Waals surface area contributed by atoms with Crippen LogP contribution in [0.4, 0.5) is 10.8 Å². The number of methoxy groups -OCH3 is 1. The van der Waals surface area contributed by atoms with Crippen LogP contribution in [0, 0.1) is 0 Å². The highest BCUT2D eigenvalue weighted by molar-refractivity contribution is 7.99. The molecule has 0 atom stereocenters. The summed E-state index contributed by atoms with van der Waals surface area (Å²) in [6, 6.07) is 7.06. The van der Waals surface area contributed by atoms with Gasteiger partial charge in [-0.25, -0.2) is 4.98 Å². The van der Waals surface area contributed by atoms with Crippen molar-refractivity contribution >= 4 is 50.2 Å². The Morgan fingerprint density at radius 1 is 1.23 bits per heavy atom. The van der Waals surface area contributed by atoms with Crippen molar-refractivity contribution in [1.82, 2.24) is 14.5 Å². The molecule has 0 spiro atoms. The minimum absolute atomic E-state index is 0.0751. The summed E-state index contributed by atoms with van der Waals surface area (Å²) in [6.45, 7) is 5.81. The molecule has 1 amide bonds. The third kappa shape index (κ3) is 4.69. The fraction of sp³-hybridized carbons (Fsp3) is 0.429. The van der Waals surface area contributed by atoms with Gasteiger partial charge in [-0.05, 0) is 51.0 Å². The van der Waals surface area contributed by atoms with Crippen molar-refractivity contribution in [2.75, 3.05) is 36.2 Å². The van der Waals surface area contributed by atoms with Crippen molar-refractivity contribution in [1.29, 1.82) is 0 Å². The van der Waals surface area contributed by atoms with E-state index in [4.69, 9.17) is 4.74 Å². The molecular formula is C21H25N5O3S2. The summed E-state index contributed by atoms with van der Waals surface area (Å²) >= 11 is 2.66. The Morgan fingerprint density at radius 2 is 1.94 bits per heavy atom. The maximum absolute atomic E-state index is 13.2. The molecule has 4 rings (SSSR count). The second-order valence-corrected chi connectivity index (χ2v) is 9.49. The number of benzene rings is 1. The van der Waals surface area contributed by atoms with Crippen LogP contribution in [0.2, 0.25) is 0 Å². The predicted molar refractivity (Wildman–Crippen MR) is 126 cm³/mol. The predicted octanol–water partition coefficient (Wildman–Crippen LogP) is 3.77. The van der Waals surface area contributed by atoms with Crippen LogP contribution < -0.4 is 20.5 Å². The fourth-order valence-electron chi connectivity index (χ4n) is 3.46. The second kappa shape index (κ2) is 9.27. The highest BCUT2D eigenvalue weighted by Gasteiger charge is 2.22. The Bertz CT molecular complexity index is 1130. The van der Waals surface area contributed by atoms with E-state index in [1.54, 1.807) is 35.9 Å². The van der Waals surface area contributed by atoms with Crippen LogP contribution in [-0.2, 0) is 4.79 Å². The molecule has 1 fully saturated rings. The zero-order chi connectivity index (χ0) is 22.0. The van der Waals surface area contributed by atoms with E-state index in [0.717, 1.165) is 36.8 Å². The topological polar surface area (TPSA) is 89.3 Å². The third-order valence-electron chi connectivity index (χ3n) is 5.02. The number of thioether (sulfide) groups is 1. The van der Waals surface area contributed by atoms with Gasteiger partial charge in [0.1, 0.15) is 10.4 Å². The van der Waals surface area contributed by atoms with Gasteiger partial charge in [0.15, 0.2) is 15.9 Å². The zero-order valence-corrected chi connectivity index (χ0v) is 19.4. The van der Waals surface area contributed by atoms with E-state index in [0.29, 0.717) is 21.2 Å². The third-order valence-corrected chi connectivity index (χ3v) is 7.06. The standard InChI is InChI=1S/C21H25N5O3S2/c1-13(2)26-19(28)17-18(23-20(31-17)25-10-4-5-11-25)24-21(26)30-12-16(27)22-14-6-8-15(29-3)9-7-14/h6-9,13H,4-5,10-12H2,1-3H3,(H,22,27). The summed E-state index contributed by atoms with van der Waals surface area (Å²) in [5.74, 6) is 0.693. The molecule has 1 saturated heterocycles. The van der Waals surface area contributed by atoms with Crippen molar-refractivity contribution in [3.63, 3.8) is 0 Å². The van der Waals surface area contributed by atoms with Crippen molar-refractivity contribution in [3.8, 4) is 5.75 Å². The number of carbonyl (C=O) groups excluding carboxylic acids is 1. The Morgan fingerprint density at radius 3 is 2.58 bits per heavy atom. The van der Waals surface area contributed by atoms with E-state index in [9.17, 15) is 9.59 Å². The molecule has 1 N–H and O–H groups in total. The van der Waals surface area contributed by atoms with Gasteiger partial charge >= 0.3 is 0 Å². The number of thiazole rings is 1. The van der Waals surface area contributed by atoms with Gasteiger partial charge < -0.3 is 15.0 Å². The Hall–Kier alpha value is -2.59. The summed E-state index contributed by atoms with van der Waals surface area (Å²) in [6.07, 6.45) is 2.29. The van der Waals surface area contributed by atoms with Crippen LogP contribution >= 0.6 is 23.1 Å². The van der Waals surface area contributed by atoms with E-state index in [1.165, 1.54) is 23.1 Å². The molecule has 1 aliphatic rings. The first-order chi connectivity index (χ1) is 15.0. The number of anilines is 2. The number of nitrogens with zero attached hydrogens (tertiary/aromatic N) is 4. The molecule has 0 radical (unpaired) electrons. The van der Waals surface area contributed by atoms with Gasteiger partial charge in [-0.15, -0.1) is 0 Å². The molecule has 8 nitrogen and oxygen atoms in total. The Kier molecular flexibility index (Phi) is 6.47. The van der Waals surface area contributed by atoms with Crippen LogP contribution in [0.3, 0.4) is 0 Å². The fourth-order valence-corrected chi connectivity index (χ4v) is 5.37. The van der Waals surface area contributed by atoms with Gasteiger partial charge in [0.2, 0.25) is 5.91 Å². The van der Waals surface area contributed by atoms with Crippen LogP contribution in [0.15, 0.2) is 34.2 Å². The lowest BCUT2D eigenvalue weighted by atomic mass is 10.3. The first-order valence-corrected chi connectivity index (χ1v) is 12.0. The molecule has 1 aromatic carbocycles. The van der Waals surface area contributed by atoms with E-state index in [2.05, 4.69) is 20.2 Å². The first kappa shape index (κ1) is 21.6. The molecule has 31 heavy (non-hydrogen) atoms. The number of rotatable bonds is 7. The summed E-state index contributed by atoms with van der Waals surface area (Å²) in [4.78, 5) is 37.1. The van der Waals surface area contributed by atoms with Crippen LogP contribution in [0.1, 0.15) is 32.7 Å². The minimum atomic E-state index is -0.171. The summed E-state index contributed by atoms with van der Waals surface area (Å²) < 4.78 is 7.35. The maximum atomic E-state index is 13.2. The van der Waals surface area contributed by atoms with Gasteiger partial charge in [-0.2, -0.15) is 4.98 Å². The summed E-state index contributed by atoms with van der Waals surface area (Å²) in [5.41, 5.74) is 1.05. The normalized spacial score (nSPS) is 13.9. The Labute approximate surface area is 188 Å². The van der Waals surface area contributed by atoms with Gasteiger partial charge in [-0.1, -0.05) is 23.1 Å². The molecule has 10 heteroatoms. The molecule has 1 aliphatic heterocycles. The molecule has 0 bridgehead atoms. The number of hydrogen-bond acceptors (Lipinski definition) is 8. The number of fused-ring (bicyclic) bond motifs is 1. The lowest BCUT2D eigenvalue weighted by Crippen LogP contribution is -2.25. The van der Waals surface area contributed by atoms with E-state index < -0.39 is 0 Å². The monoisotopic (exact) mass is 459 g/mol. The lowest BCUT2D eigenvalue weighted by Gasteiger charge is -2.14. The highest BCUT2D eigenvalue weighted by atomic mass is 32.2. The molecule has 0 unspecified atom stereocenters. The van der Waals surface area contributed by atoms with Crippen molar-refractivity contribution in [2.45, 2.75) is 37.9 Å². The lowest BCUT2D eigenvalue weighted by molar-refractivity contribution is -0.113. The first-order valence-electron chi connectivity index (χ1n) is 10.2. The van der Waals surface area contributed by atoms with Gasteiger partial charge in [0.05, 0.1) is 12.9 Å². The molecular weight excluding hydrogens is 434 g/mol. The molecule has 0 aliphatic carbocycles.